The lowest BCUT2D eigenvalue weighted by molar-refractivity contribution is -0.154. The van der Waals surface area contributed by atoms with Crippen molar-refractivity contribution in [2.24, 2.45) is 11.8 Å². The van der Waals surface area contributed by atoms with Crippen LogP contribution in [0, 0.1) is 18.8 Å². The molecular weight excluding hydrogens is 757 g/mol. The lowest BCUT2D eigenvalue weighted by atomic mass is 9.84. The van der Waals surface area contributed by atoms with Gasteiger partial charge in [-0.05, 0) is 55.5 Å². The number of benzene rings is 3. The number of esters is 1. The van der Waals surface area contributed by atoms with Crippen LogP contribution in [0.15, 0.2) is 82.9 Å². The molecule has 3 aromatic rings. The van der Waals surface area contributed by atoms with E-state index in [9.17, 15) is 24.0 Å². The van der Waals surface area contributed by atoms with E-state index in [2.05, 4.69) is 0 Å². The highest BCUT2D eigenvalue weighted by Gasteiger charge is 2.88. The standard InChI is InChI=1S/C32H19Cl7N2O6/c1-15-6-8-17(9-7-15)29(46)47-18-12-10-16(11-13-18)21(42)14-40(26(43)19-4-2-3-5-20(19)33)41-27(44)22-23(28(41)45)31(37)25(35)24(34)30(22,36)32(31,38)39/h2-13,22-23H,14H2,1H3/t22-,23-,30+,31+/m0/s1. The monoisotopic (exact) mass is 772 g/mol. The Labute approximate surface area is 302 Å². The fourth-order valence-electron chi connectivity index (χ4n) is 6.02. The summed E-state index contributed by atoms with van der Waals surface area (Å²) in [5.41, 5.74) is 1.25. The van der Waals surface area contributed by atoms with Crippen LogP contribution in [0.5, 0.6) is 5.75 Å². The molecule has 2 fully saturated rings. The first-order valence-corrected chi connectivity index (χ1v) is 16.4. The van der Waals surface area contributed by atoms with Crippen LogP contribution in [-0.4, -0.2) is 60.1 Å². The number of aryl methyl sites for hydroxylation is 1. The van der Waals surface area contributed by atoms with E-state index in [1.807, 2.05) is 6.92 Å². The number of carbonyl (C=O) groups is 5. The molecule has 6 rings (SSSR count). The number of rotatable bonds is 7. The number of Topliss-reactive ketones (excluding diaryl/α,β-unsaturated/α-hetero) is 1. The molecule has 1 heterocycles. The van der Waals surface area contributed by atoms with Crippen molar-refractivity contribution in [2.75, 3.05) is 6.54 Å². The highest BCUT2D eigenvalue weighted by atomic mass is 35.5. The largest absolute Gasteiger partial charge is 0.423 e. The van der Waals surface area contributed by atoms with Crippen molar-refractivity contribution in [2.45, 2.75) is 21.0 Å². The van der Waals surface area contributed by atoms with Gasteiger partial charge in [-0.1, -0.05) is 87.8 Å². The molecule has 1 saturated heterocycles. The third-order valence-electron chi connectivity index (χ3n) is 8.43. The Hall–Kier alpha value is -2.82. The van der Waals surface area contributed by atoms with Crippen molar-refractivity contribution in [3.63, 3.8) is 0 Å². The number of fused-ring (bicyclic) bond motifs is 5. The lowest BCUT2D eigenvalue weighted by Gasteiger charge is -2.36. The molecule has 0 radical (unpaired) electrons. The number of hydrazine groups is 1. The molecule has 4 atom stereocenters. The molecule has 2 bridgehead atoms. The number of imide groups is 1. The zero-order chi connectivity index (χ0) is 34.2. The number of hydrogen-bond donors (Lipinski definition) is 0. The average molecular weight is 776 g/mol. The summed E-state index contributed by atoms with van der Waals surface area (Å²) in [5, 5.41) is 0.517. The van der Waals surface area contributed by atoms with Gasteiger partial charge in [-0.2, -0.15) is 5.01 Å². The highest BCUT2D eigenvalue weighted by molar-refractivity contribution is 6.66. The van der Waals surface area contributed by atoms with Crippen LogP contribution in [0.2, 0.25) is 5.02 Å². The van der Waals surface area contributed by atoms with E-state index in [-0.39, 0.29) is 32.0 Å². The van der Waals surface area contributed by atoms with Crippen LogP contribution in [0.4, 0.5) is 0 Å². The van der Waals surface area contributed by atoms with Crippen molar-refractivity contribution in [1.82, 2.24) is 10.0 Å². The Balaban J connectivity index is 1.31. The minimum absolute atomic E-state index is 0.00929. The first kappa shape index (κ1) is 34.1. The number of nitrogens with zero attached hydrogens (tertiary/aromatic N) is 2. The molecule has 0 N–H and O–H groups in total. The molecule has 3 amide bonds. The fraction of sp³-hybridized carbons (Fsp3) is 0.219. The smallest absolute Gasteiger partial charge is 0.343 e. The molecule has 3 aliphatic rings. The zero-order valence-corrected chi connectivity index (χ0v) is 29.1. The van der Waals surface area contributed by atoms with Gasteiger partial charge in [-0.15, -0.1) is 23.2 Å². The molecule has 47 heavy (non-hydrogen) atoms. The minimum Gasteiger partial charge on any atom is -0.423 e. The number of hydrogen-bond acceptors (Lipinski definition) is 6. The minimum atomic E-state index is -2.19. The Morgan fingerprint density at radius 1 is 0.766 bits per heavy atom. The van der Waals surface area contributed by atoms with E-state index < -0.39 is 61.9 Å². The summed E-state index contributed by atoms with van der Waals surface area (Å²) >= 11 is 45.9. The number of halogens is 7. The first-order valence-electron chi connectivity index (χ1n) is 13.8. The second-order valence-corrected chi connectivity index (χ2v) is 14.8. The summed E-state index contributed by atoms with van der Waals surface area (Å²) in [6.45, 7) is 1.07. The lowest BCUT2D eigenvalue weighted by Crippen LogP contribution is -2.56. The van der Waals surface area contributed by atoms with E-state index in [1.54, 1.807) is 30.3 Å². The van der Waals surface area contributed by atoms with Crippen LogP contribution < -0.4 is 4.74 Å². The van der Waals surface area contributed by atoms with Gasteiger partial charge in [0.2, 0.25) is 0 Å². The molecule has 15 heteroatoms. The highest BCUT2D eigenvalue weighted by Crippen LogP contribution is 2.77. The van der Waals surface area contributed by atoms with Gasteiger partial charge in [-0.25, -0.2) is 9.80 Å². The maximum atomic E-state index is 14.1. The van der Waals surface area contributed by atoms with Crippen LogP contribution >= 0.6 is 81.2 Å². The average Bonchev–Trinajstić information content (AvgIpc) is 3.43. The van der Waals surface area contributed by atoms with Gasteiger partial charge < -0.3 is 4.74 Å². The molecule has 8 nitrogen and oxygen atoms in total. The molecular formula is C32H19Cl7N2O6. The van der Waals surface area contributed by atoms with Gasteiger partial charge in [0.1, 0.15) is 22.0 Å². The second-order valence-electron chi connectivity index (χ2n) is 11.1. The van der Waals surface area contributed by atoms with E-state index in [0.717, 1.165) is 5.56 Å². The first-order chi connectivity index (χ1) is 22.1. The maximum Gasteiger partial charge on any atom is 0.343 e. The number of carbonyl (C=O) groups excluding carboxylic acids is 5. The summed E-state index contributed by atoms with van der Waals surface area (Å²) in [5.74, 6) is -7.25. The van der Waals surface area contributed by atoms with Crippen molar-refractivity contribution in [1.29, 1.82) is 0 Å². The molecule has 3 aromatic carbocycles. The third kappa shape index (κ3) is 4.91. The zero-order valence-electron chi connectivity index (χ0n) is 23.8. The van der Waals surface area contributed by atoms with Crippen LogP contribution in [0.3, 0.4) is 0 Å². The predicted molar refractivity (Wildman–Crippen MR) is 179 cm³/mol. The summed E-state index contributed by atoms with van der Waals surface area (Å²) in [7, 11) is 0. The van der Waals surface area contributed by atoms with Crippen molar-refractivity contribution < 1.29 is 28.7 Å². The molecule has 0 unspecified atom stereocenters. The van der Waals surface area contributed by atoms with Gasteiger partial charge in [0, 0.05) is 5.56 Å². The summed E-state index contributed by atoms with van der Waals surface area (Å²) < 4.78 is 3.20. The Morgan fingerprint density at radius 2 is 1.28 bits per heavy atom. The molecule has 1 aliphatic heterocycles. The van der Waals surface area contributed by atoms with Gasteiger partial charge in [0.25, 0.3) is 17.7 Å². The molecule has 1 saturated carbocycles. The molecule has 0 aromatic heterocycles. The number of ketones is 1. The van der Waals surface area contributed by atoms with Gasteiger partial charge in [0.15, 0.2) is 10.1 Å². The van der Waals surface area contributed by atoms with Crippen molar-refractivity contribution in [3.05, 3.63) is 110 Å². The number of alkyl halides is 4. The van der Waals surface area contributed by atoms with Crippen LogP contribution in [0.1, 0.15) is 36.6 Å². The number of ether oxygens (including phenoxy) is 1. The normalized spacial score (nSPS) is 25.7. The van der Waals surface area contributed by atoms with Gasteiger partial charge >= 0.3 is 5.97 Å². The predicted octanol–water partition coefficient (Wildman–Crippen LogP) is 7.55. The van der Waals surface area contributed by atoms with E-state index in [4.69, 9.17) is 85.9 Å². The van der Waals surface area contributed by atoms with Crippen molar-refractivity contribution in [3.8, 4) is 5.75 Å². The fourth-order valence-corrected chi connectivity index (χ4v) is 9.16. The van der Waals surface area contributed by atoms with Crippen LogP contribution in [-0.2, 0) is 9.59 Å². The third-order valence-corrected chi connectivity index (χ3v) is 13.0. The quantitative estimate of drug-likeness (QED) is 0.0808. The van der Waals surface area contributed by atoms with E-state index in [1.165, 1.54) is 42.5 Å². The SMILES string of the molecule is Cc1ccc(C(=O)Oc2ccc(C(=O)CN(C(=O)c3ccccc3Cl)N3C(=O)[C@@H]4[C@@H](C3=O)[C@@]3(Cl)C(Cl)=C(Cl)[C@@]4(Cl)C3(Cl)Cl)cc2)cc1. The summed E-state index contributed by atoms with van der Waals surface area (Å²) in [4.78, 5) is 64.0. The summed E-state index contributed by atoms with van der Waals surface area (Å²) in [6, 6.07) is 18.1. The Morgan fingerprint density at radius 3 is 1.81 bits per heavy atom. The van der Waals surface area contributed by atoms with Gasteiger partial charge in [0.05, 0.1) is 38.0 Å². The second kappa shape index (κ2) is 11.9. The Bertz CT molecular complexity index is 1870. The van der Waals surface area contributed by atoms with E-state index in [0.29, 0.717) is 15.6 Å². The molecule has 0 spiro atoms. The maximum absolute atomic E-state index is 14.1. The van der Waals surface area contributed by atoms with Gasteiger partial charge in [-0.3, -0.25) is 19.2 Å². The topological polar surface area (TPSA) is 101 Å². The molecule has 2 aliphatic carbocycles. The Kier molecular flexibility index (Phi) is 8.66. The van der Waals surface area contributed by atoms with Crippen molar-refractivity contribution >= 4 is 111 Å². The number of allylic oxidation sites excluding steroid dienone is 2. The van der Waals surface area contributed by atoms with E-state index >= 15 is 0 Å². The summed E-state index contributed by atoms with van der Waals surface area (Å²) in [6.07, 6.45) is 0. The number of amides is 3. The molecule has 242 valence electrons. The van der Waals surface area contributed by atoms with Crippen LogP contribution in [0.25, 0.3) is 0 Å².